The zero-order chi connectivity index (χ0) is 22.2. The van der Waals surface area contributed by atoms with Gasteiger partial charge >= 0.3 is 0 Å². The van der Waals surface area contributed by atoms with Crippen LogP contribution in [0, 0.1) is 12.7 Å². The van der Waals surface area contributed by atoms with Gasteiger partial charge in [-0.1, -0.05) is 50.1 Å². The lowest BCUT2D eigenvalue weighted by atomic mass is 9.89. The van der Waals surface area contributed by atoms with Gasteiger partial charge in [0.1, 0.15) is 5.82 Å². The molecule has 166 valence electrons. The van der Waals surface area contributed by atoms with E-state index in [-0.39, 0.29) is 5.82 Å². The number of guanidine groups is 1. The Morgan fingerprint density at radius 1 is 1.23 bits per heavy atom. The summed E-state index contributed by atoms with van der Waals surface area (Å²) in [5.41, 5.74) is 4.94. The van der Waals surface area contributed by atoms with Gasteiger partial charge in [-0.3, -0.25) is 9.89 Å². The van der Waals surface area contributed by atoms with E-state index in [1.54, 1.807) is 12.1 Å². The second kappa shape index (κ2) is 11.2. The number of thiocarbonyl (C=S) groups is 1. The molecule has 4 nitrogen and oxygen atoms in total. The van der Waals surface area contributed by atoms with Crippen molar-refractivity contribution in [1.29, 1.82) is 0 Å². The number of nitrogens with one attached hydrogen (secondary N) is 2. The van der Waals surface area contributed by atoms with Crippen LogP contribution in [0.2, 0.25) is 0 Å². The van der Waals surface area contributed by atoms with E-state index in [0.717, 1.165) is 38.3 Å². The zero-order valence-corrected chi connectivity index (χ0v) is 19.6. The Labute approximate surface area is 191 Å². The van der Waals surface area contributed by atoms with Gasteiger partial charge in [0, 0.05) is 18.8 Å². The third kappa shape index (κ3) is 6.50. The first-order valence-corrected chi connectivity index (χ1v) is 11.6. The van der Waals surface area contributed by atoms with Gasteiger partial charge in [0.2, 0.25) is 0 Å². The Hall–Kier alpha value is -2.47. The minimum Gasteiger partial charge on any atom is -0.356 e. The fourth-order valence-electron chi connectivity index (χ4n) is 4.01. The van der Waals surface area contributed by atoms with Crippen molar-refractivity contribution in [3.63, 3.8) is 0 Å². The molecule has 1 aliphatic heterocycles. The van der Waals surface area contributed by atoms with Gasteiger partial charge in [-0.15, -0.1) is 0 Å². The molecule has 0 radical (unpaired) electrons. The van der Waals surface area contributed by atoms with Gasteiger partial charge in [-0.25, -0.2) is 4.39 Å². The number of nitrogens with zero attached hydrogens (tertiary/aromatic N) is 2. The zero-order valence-electron chi connectivity index (χ0n) is 18.7. The topological polar surface area (TPSA) is 39.7 Å². The Morgan fingerprint density at radius 3 is 2.84 bits per heavy atom. The maximum atomic E-state index is 13.4. The largest absolute Gasteiger partial charge is 0.356 e. The van der Waals surface area contributed by atoms with E-state index >= 15 is 0 Å². The van der Waals surface area contributed by atoms with E-state index in [1.165, 1.54) is 35.2 Å². The quantitative estimate of drug-likeness (QED) is 0.412. The number of hydrogen-bond donors (Lipinski definition) is 2. The molecular formula is C25H33FN4S. The third-order valence-corrected chi connectivity index (χ3v) is 6.04. The maximum Gasteiger partial charge on any atom is 0.200 e. The second-order valence-corrected chi connectivity index (χ2v) is 8.56. The lowest BCUT2D eigenvalue weighted by molar-refractivity contribution is 0.582. The van der Waals surface area contributed by atoms with Crippen LogP contribution >= 0.6 is 12.2 Å². The normalized spacial score (nSPS) is 14.3. The standard InChI is InChI=1S/C25H33FN4S/c1-4-20-16-18(2)11-12-23(20)19(3)8-5-6-13-27-24-28-14-15-30(24)25(31)29-22-10-7-9-21(26)17-22/h7,9-12,16-17,19H,4-6,8,13-15H2,1-3H3,(H,27,28)(H,29,31). The molecule has 1 unspecified atom stereocenters. The van der Waals surface area contributed by atoms with E-state index in [9.17, 15) is 4.39 Å². The third-order valence-electron chi connectivity index (χ3n) is 5.72. The van der Waals surface area contributed by atoms with Crippen LogP contribution in [0.15, 0.2) is 47.5 Å². The highest BCUT2D eigenvalue weighted by Crippen LogP contribution is 2.26. The molecule has 0 saturated heterocycles. The molecule has 2 aromatic carbocycles. The van der Waals surface area contributed by atoms with Gasteiger partial charge in [0.05, 0.1) is 6.54 Å². The number of aliphatic imine (C=N–C) groups is 1. The van der Waals surface area contributed by atoms with Gasteiger partial charge in [0.25, 0.3) is 0 Å². The Kier molecular flexibility index (Phi) is 8.41. The number of rotatable bonds is 8. The fraction of sp³-hybridized carbons (Fsp3) is 0.440. The van der Waals surface area contributed by atoms with Gasteiger partial charge in [-0.05, 0) is 73.6 Å². The van der Waals surface area contributed by atoms with Crippen LogP contribution in [0.25, 0.3) is 0 Å². The van der Waals surface area contributed by atoms with Crippen LogP contribution < -0.4 is 10.6 Å². The van der Waals surface area contributed by atoms with Crippen LogP contribution in [-0.4, -0.2) is 35.6 Å². The SMILES string of the molecule is CCc1cc(C)ccc1C(C)CCCCNC1=NCCN1C(=S)Nc1cccc(F)c1. The van der Waals surface area contributed by atoms with Crippen LogP contribution in [0.1, 0.15) is 55.7 Å². The Balaban J connectivity index is 1.42. The molecule has 31 heavy (non-hydrogen) atoms. The molecule has 1 aliphatic rings. The summed E-state index contributed by atoms with van der Waals surface area (Å²) in [4.78, 5) is 6.49. The summed E-state index contributed by atoms with van der Waals surface area (Å²) in [6.45, 7) is 9.02. The number of aryl methyl sites for hydroxylation is 2. The van der Waals surface area contributed by atoms with E-state index in [2.05, 4.69) is 54.6 Å². The average Bonchev–Trinajstić information content (AvgIpc) is 3.22. The van der Waals surface area contributed by atoms with Crippen LogP contribution in [0.4, 0.5) is 10.1 Å². The molecule has 0 saturated carbocycles. The van der Waals surface area contributed by atoms with E-state index in [1.807, 2.05) is 4.90 Å². The molecule has 6 heteroatoms. The van der Waals surface area contributed by atoms with Crippen LogP contribution in [0.3, 0.4) is 0 Å². The molecule has 1 heterocycles. The molecule has 0 spiro atoms. The van der Waals surface area contributed by atoms with Crippen molar-refractivity contribution in [3.05, 3.63) is 65.0 Å². The molecule has 1 atom stereocenters. The van der Waals surface area contributed by atoms with Crippen LogP contribution in [0.5, 0.6) is 0 Å². The summed E-state index contributed by atoms with van der Waals surface area (Å²) in [6.07, 6.45) is 4.49. The Morgan fingerprint density at radius 2 is 2.06 bits per heavy atom. The van der Waals surface area contributed by atoms with Crippen molar-refractivity contribution in [2.45, 2.75) is 52.4 Å². The molecule has 2 N–H and O–H groups in total. The lowest BCUT2D eigenvalue weighted by Crippen LogP contribution is -2.44. The highest BCUT2D eigenvalue weighted by molar-refractivity contribution is 7.80. The Bertz CT molecular complexity index is 927. The fourth-order valence-corrected chi connectivity index (χ4v) is 4.30. The average molecular weight is 441 g/mol. The van der Waals surface area contributed by atoms with Crippen molar-refractivity contribution < 1.29 is 4.39 Å². The van der Waals surface area contributed by atoms with Crippen molar-refractivity contribution in [2.75, 3.05) is 25.0 Å². The van der Waals surface area contributed by atoms with Gasteiger partial charge in [-0.2, -0.15) is 0 Å². The summed E-state index contributed by atoms with van der Waals surface area (Å²) in [5.74, 6) is 1.08. The highest BCUT2D eigenvalue weighted by atomic mass is 32.1. The summed E-state index contributed by atoms with van der Waals surface area (Å²) in [6, 6.07) is 13.2. The smallest absolute Gasteiger partial charge is 0.200 e. The summed E-state index contributed by atoms with van der Waals surface area (Å²) in [7, 11) is 0. The maximum absolute atomic E-state index is 13.4. The predicted molar refractivity (Wildman–Crippen MR) is 132 cm³/mol. The number of anilines is 1. The molecule has 0 fully saturated rings. The number of hydrogen-bond acceptors (Lipinski definition) is 3. The lowest BCUT2D eigenvalue weighted by Gasteiger charge is -2.23. The van der Waals surface area contributed by atoms with Crippen molar-refractivity contribution >= 4 is 29.0 Å². The number of unbranched alkanes of at least 4 members (excludes halogenated alkanes) is 1. The summed E-state index contributed by atoms with van der Waals surface area (Å²) in [5, 5.41) is 7.06. The molecule has 3 rings (SSSR count). The van der Waals surface area contributed by atoms with Gasteiger partial charge < -0.3 is 10.6 Å². The molecular weight excluding hydrogens is 407 g/mol. The second-order valence-electron chi connectivity index (χ2n) is 8.18. The predicted octanol–water partition coefficient (Wildman–Crippen LogP) is 5.63. The van der Waals surface area contributed by atoms with E-state index < -0.39 is 0 Å². The number of halogens is 1. The highest BCUT2D eigenvalue weighted by Gasteiger charge is 2.20. The minimum atomic E-state index is -0.285. The van der Waals surface area contributed by atoms with Gasteiger partial charge in [0.15, 0.2) is 11.1 Å². The first kappa shape index (κ1) is 23.2. The summed E-state index contributed by atoms with van der Waals surface area (Å²) < 4.78 is 13.4. The molecule has 0 aliphatic carbocycles. The molecule has 2 aromatic rings. The van der Waals surface area contributed by atoms with E-state index in [4.69, 9.17) is 12.2 Å². The van der Waals surface area contributed by atoms with Crippen molar-refractivity contribution in [1.82, 2.24) is 10.2 Å². The van der Waals surface area contributed by atoms with E-state index in [0.29, 0.717) is 23.3 Å². The van der Waals surface area contributed by atoms with Crippen molar-refractivity contribution in [3.8, 4) is 0 Å². The monoisotopic (exact) mass is 440 g/mol. The van der Waals surface area contributed by atoms with Crippen LogP contribution in [-0.2, 0) is 6.42 Å². The first-order chi connectivity index (χ1) is 15.0. The molecule has 0 amide bonds. The first-order valence-electron chi connectivity index (χ1n) is 11.2. The number of benzene rings is 2. The molecule has 0 aromatic heterocycles. The summed E-state index contributed by atoms with van der Waals surface area (Å²) >= 11 is 5.51. The molecule has 0 bridgehead atoms. The minimum absolute atomic E-state index is 0.285. The van der Waals surface area contributed by atoms with Crippen molar-refractivity contribution in [2.24, 2.45) is 4.99 Å².